The third-order valence-electron chi connectivity index (χ3n) is 2.68. The van der Waals surface area contributed by atoms with Crippen LogP contribution in [0.2, 0.25) is 0 Å². The molecule has 0 saturated heterocycles. The minimum Gasteiger partial charge on any atom is -0.326 e. The highest BCUT2D eigenvalue weighted by atomic mass is 32.1. The van der Waals surface area contributed by atoms with Crippen molar-refractivity contribution in [2.75, 3.05) is 0 Å². The molecule has 3 aromatic rings. The first-order chi connectivity index (χ1) is 8.36. The lowest BCUT2D eigenvalue weighted by atomic mass is 10.3. The Labute approximate surface area is 103 Å². The quantitative estimate of drug-likeness (QED) is 0.765. The molecule has 0 bridgehead atoms. The van der Waals surface area contributed by atoms with Gasteiger partial charge in [-0.1, -0.05) is 12.1 Å². The fourth-order valence-corrected chi connectivity index (χ4v) is 2.49. The van der Waals surface area contributed by atoms with E-state index in [4.69, 9.17) is 5.73 Å². The molecule has 0 unspecified atom stereocenters. The molecule has 0 atom stereocenters. The van der Waals surface area contributed by atoms with Crippen LogP contribution in [0, 0.1) is 0 Å². The smallest absolute Gasteiger partial charge is 0.160 e. The summed E-state index contributed by atoms with van der Waals surface area (Å²) in [6.07, 6.45) is 2.82. The van der Waals surface area contributed by atoms with Gasteiger partial charge in [-0.05, 0) is 23.1 Å². The topological polar surface area (TPSA) is 56.2 Å². The summed E-state index contributed by atoms with van der Waals surface area (Å²) < 4.78 is 2.02. The maximum atomic E-state index is 5.64. The van der Waals surface area contributed by atoms with Crippen LogP contribution >= 0.6 is 11.3 Å². The zero-order valence-electron chi connectivity index (χ0n) is 9.21. The number of fused-ring (bicyclic) bond motifs is 1. The van der Waals surface area contributed by atoms with Gasteiger partial charge < -0.3 is 5.73 Å². The average Bonchev–Trinajstić information content (AvgIpc) is 2.99. The maximum absolute atomic E-state index is 5.64. The third kappa shape index (κ3) is 1.94. The van der Waals surface area contributed by atoms with E-state index in [0.29, 0.717) is 6.54 Å². The van der Waals surface area contributed by atoms with Gasteiger partial charge in [0.25, 0.3) is 0 Å². The van der Waals surface area contributed by atoms with Crippen molar-refractivity contribution in [3.05, 3.63) is 52.1 Å². The first kappa shape index (κ1) is 10.4. The van der Waals surface area contributed by atoms with Gasteiger partial charge in [0.2, 0.25) is 0 Å². The van der Waals surface area contributed by atoms with Gasteiger partial charge >= 0.3 is 0 Å². The predicted octanol–water partition coefficient (Wildman–Crippen LogP) is 1.84. The van der Waals surface area contributed by atoms with E-state index < -0.39 is 0 Å². The number of nitrogens with two attached hydrogens (primary N) is 1. The number of aromatic nitrogens is 3. The zero-order chi connectivity index (χ0) is 11.7. The van der Waals surface area contributed by atoms with Crippen LogP contribution in [0.1, 0.15) is 16.3 Å². The van der Waals surface area contributed by atoms with Crippen molar-refractivity contribution in [2.24, 2.45) is 5.73 Å². The van der Waals surface area contributed by atoms with E-state index in [1.165, 1.54) is 4.88 Å². The molecule has 0 aromatic carbocycles. The molecule has 0 amide bonds. The van der Waals surface area contributed by atoms with E-state index in [-0.39, 0.29) is 0 Å². The van der Waals surface area contributed by atoms with Gasteiger partial charge in [-0.25, -0.2) is 0 Å². The standard InChI is InChI=1S/C12H12N4S/c13-7-9-3-4-11-14-15-12(16(11)8-9)6-10-2-1-5-17-10/h1-5,8H,6-7,13H2. The normalized spacial score (nSPS) is 11.1. The fraction of sp³-hybridized carbons (Fsp3) is 0.167. The highest BCUT2D eigenvalue weighted by molar-refractivity contribution is 7.09. The van der Waals surface area contributed by atoms with Gasteiger partial charge in [-0.2, -0.15) is 0 Å². The number of thiophene rings is 1. The average molecular weight is 244 g/mol. The molecule has 3 aromatic heterocycles. The van der Waals surface area contributed by atoms with Crippen molar-refractivity contribution in [1.29, 1.82) is 0 Å². The largest absolute Gasteiger partial charge is 0.326 e. The summed E-state index contributed by atoms with van der Waals surface area (Å²) in [4.78, 5) is 1.29. The molecule has 4 nitrogen and oxygen atoms in total. The molecular formula is C12H12N4S. The van der Waals surface area contributed by atoms with E-state index in [0.717, 1.165) is 23.5 Å². The van der Waals surface area contributed by atoms with Gasteiger partial charge in [-0.15, -0.1) is 21.5 Å². The fourth-order valence-electron chi connectivity index (χ4n) is 1.79. The summed E-state index contributed by atoms with van der Waals surface area (Å²) in [5.74, 6) is 0.956. The molecular weight excluding hydrogens is 232 g/mol. The van der Waals surface area contributed by atoms with Gasteiger partial charge in [0.15, 0.2) is 5.65 Å². The summed E-state index contributed by atoms with van der Waals surface area (Å²) in [6.45, 7) is 0.534. The molecule has 2 N–H and O–H groups in total. The second kappa shape index (κ2) is 4.27. The Morgan fingerprint density at radius 3 is 2.94 bits per heavy atom. The van der Waals surface area contributed by atoms with Crippen molar-refractivity contribution in [1.82, 2.24) is 14.6 Å². The number of hydrogen-bond donors (Lipinski definition) is 1. The molecule has 0 aliphatic carbocycles. The summed E-state index contributed by atoms with van der Waals surface area (Å²) in [5.41, 5.74) is 7.60. The summed E-state index contributed by atoms with van der Waals surface area (Å²) >= 11 is 1.73. The van der Waals surface area contributed by atoms with Crippen LogP contribution in [0.4, 0.5) is 0 Å². The van der Waals surface area contributed by atoms with Crippen molar-refractivity contribution < 1.29 is 0 Å². The first-order valence-electron chi connectivity index (χ1n) is 5.42. The van der Waals surface area contributed by atoms with Crippen LogP contribution in [0.15, 0.2) is 35.8 Å². The highest BCUT2D eigenvalue weighted by Crippen LogP contribution is 2.15. The van der Waals surface area contributed by atoms with E-state index >= 15 is 0 Å². The van der Waals surface area contributed by atoms with Crippen LogP contribution in [-0.2, 0) is 13.0 Å². The molecule has 0 aliphatic heterocycles. The van der Waals surface area contributed by atoms with E-state index in [2.05, 4.69) is 27.7 Å². The first-order valence-corrected chi connectivity index (χ1v) is 6.30. The van der Waals surface area contributed by atoms with E-state index in [1.54, 1.807) is 11.3 Å². The summed E-state index contributed by atoms with van der Waals surface area (Å²) in [6, 6.07) is 8.10. The summed E-state index contributed by atoms with van der Waals surface area (Å²) in [7, 11) is 0. The second-order valence-corrected chi connectivity index (χ2v) is 4.87. The Morgan fingerprint density at radius 2 is 2.18 bits per heavy atom. The van der Waals surface area contributed by atoms with Gasteiger partial charge in [0.1, 0.15) is 5.82 Å². The lowest BCUT2D eigenvalue weighted by molar-refractivity contribution is 0.931. The lowest BCUT2D eigenvalue weighted by Crippen LogP contribution is -2.00. The minimum absolute atomic E-state index is 0.534. The molecule has 3 rings (SSSR count). The Kier molecular flexibility index (Phi) is 2.62. The lowest BCUT2D eigenvalue weighted by Gasteiger charge is -2.01. The number of nitrogens with zero attached hydrogens (tertiary/aromatic N) is 3. The monoisotopic (exact) mass is 244 g/mol. The van der Waals surface area contributed by atoms with E-state index in [1.807, 2.05) is 22.7 Å². The van der Waals surface area contributed by atoms with Crippen LogP contribution in [0.5, 0.6) is 0 Å². The highest BCUT2D eigenvalue weighted by Gasteiger charge is 2.07. The molecule has 0 aliphatic rings. The Bertz CT molecular complexity index is 627. The molecule has 3 heterocycles. The van der Waals surface area contributed by atoms with Crippen LogP contribution in [0.25, 0.3) is 5.65 Å². The van der Waals surface area contributed by atoms with Crippen molar-refractivity contribution in [2.45, 2.75) is 13.0 Å². The van der Waals surface area contributed by atoms with Gasteiger partial charge in [-0.3, -0.25) is 4.40 Å². The third-order valence-corrected chi connectivity index (χ3v) is 3.56. The Hall–Kier alpha value is -1.72. The zero-order valence-corrected chi connectivity index (χ0v) is 10.0. The summed E-state index contributed by atoms with van der Waals surface area (Å²) in [5, 5.41) is 10.4. The van der Waals surface area contributed by atoms with E-state index in [9.17, 15) is 0 Å². The second-order valence-electron chi connectivity index (χ2n) is 3.84. The molecule has 5 heteroatoms. The van der Waals surface area contributed by atoms with Crippen molar-refractivity contribution in [3.8, 4) is 0 Å². The molecule has 86 valence electrons. The molecule has 0 spiro atoms. The molecule has 17 heavy (non-hydrogen) atoms. The van der Waals surface area contributed by atoms with Gasteiger partial charge in [0.05, 0.1) is 0 Å². The van der Waals surface area contributed by atoms with Crippen molar-refractivity contribution >= 4 is 17.0 Å². The van der Waals surface area contributed by atoms with Crippen molar-refractivity contribution in [3.63, 3.8) is 0 Å². The molecule has 0 saturated carbocycles. The predicted molar refractivity (Wildman–Crippen MR) is 68.0 cm³/mol. The Morgan fingerprint density at radius 1 is 1.24 bits per heavy atom. The van der Waals surface area contributed by atoms with Crippen LogP contribution in [-0.4, -0.2) is 14.6 Å². The SMILES string of the molecule is NCc1ccc2nnc(Cc3cccs3)n2c1. The molecule has 0 fully saturated rings. The number of pyridine rings is 1. The number of hydrogen-bond acceptors (Lipinski definition) is 4. The maximum Gasteiger partial charge on any atom is 0.160 e. The van der Waals surface area contributed by atoms with Crippen LogP contribution in [0.3, 0.4) is 0 Å². The van der Waals surface area contributed by atoms with Crippen LogP contribution < -0.4 is 5.73 Å². The Balaban J connectivity index is 2.04. The van der Waals surface area contributed by atoms with Gasteiger partial charge in [0, 0.05) is 24.0 Å². The minimum atomic E-state index is 0.534. The molecule has 0 radical (unpaired) electrons. The number of rotatable bonds is 3.